The summed E-state index contributed by atoms with van der Waals surface area (Å²) in [7, 11) is 0. The number of hydrogen-bond donors (Lipinski definition) is 0. The average molecular weight is 364 g/mol. The van der Waals surface area contributed by atoms with E-state index in [-0.39, 0.29) is 0 Å². The van der Waals surface area contributed by atoms with Crippen LogP contribution in [-0.2, 0) is 0 Å². The zero-order valence-electron chi connectivity index (χ0n) is 8.71. The van der Waals surface area contributed by atoms with Crippen molar-refractivity contribution in [3.05, 3.63) is 19.2 Å². The predicted octanol–water partition coefficient (Wildman–Crippen LogP) is 4.89. The highest BCUT2D eigenvalue weighted by atomic mass is 79.9. The fraction of sp³-hybridized carbons (Fsp3) is 0.583. The summed E-state index contributed by atoms with van der Waals surface area (Å²) in [6, 6.07) is 1.96. The maximum absolute atomic E-state index is 12.3. The van der Waals surface area contributed by atoms with Gasteiger partial charge in [0.1, 0.15) is 0 Å². The lowest BCUT2D eigenvalue weighted by atomic mass is 10.0. The van der Waals surface area contributed by atoms with Gasteiger partial charge in [-0.2, -0.15) is 0 Å². The third-order valence-electron chi connectivity index (χ3n) is 3.85. The van der Waals surface area contributed by atoms with E-state index in [2.05, 4.69) is 31.9 Å². The van der Waals surface area contributed by atoms with Gasteiger partial charge in [-0.1, -0.05) is 12.8 Å². The number of thiophene rings is 1. The minimum Gasteiger partial charge on any atom is -0.293 e. The number of Topliss-reactive ketones (excluding diaryl/α,β-unsaturated/α-hetero) is 1. The van der Waals surface area contributed by atoms with Crippen molar-refractivity contribution in [2.75, 3.05) is 0 Å². The zero-order chi connectivity index (χ0) is 11.3. The fourth-order valence-corrected chi connectivity index (χ4v) is 5.04. The molecule has 2 unspecified atom stereocenters. The second-order valence-corrected chi connectivity index (χ2v) is 7.96. The Bertz CT molecular complexity index is 409. The Labute approximate surface area is 116 Å². The first kappa shape index (κ1) is 11.4. The third-order valence-corrected chi connectivity index (χ3v) is 7.12. The van der Waals surface area contributed by atoms with E-state index in [0.717, 1.165) is 13.1 Å². The van der Waals surface area contributed by atoms with Crippen molar-refractivity contribution in [1.29, 1.82) is 0 Å². The van der Waals surface area contributed by atoms with Gasteiger partial charge in [-0.25, -0.2) is 0 Å². The molecule has 0 saturated heterocycles. The molecule has 1 nitrogen and oxygen atoms in total. The molecule has 2 atom stereocenters. The Morgan fingerprint density at radius 2 is 1.88 bits per heavy atom. The molecule has 86 valence electrons. The highest BCUT2D eigenvalue weighted by molar-refractivity contribution is 9.13. The number of hydrogen-bond acceptors (Lipinski definition) is 2. The van der Waals surface area contributed by atoms with Gasteiger partial charge in [0.15, 0.2) is 5.78 Å². The molecule has 4 heteroatoms. The van der Waals surface area contributed by atoms with Gasteiger partial charge in [-0.05, 0) is 62.6 Å². The Kier molecular flexibility index (Phi) is 3.01. The van der Waals surface area contributed by atoms with Crippen molar-refractivity contribution >= 4 is 49.0 Å². The second kappa shape index (κ2) is 4.21. The molecule has 1 heterocycles. The Morgan fingerprint density at radius 3 is 2.38 bits per heavy atom. The van der Waals surface area contributed by atoms with E-state index in [1.54, 1.807) is 11.3 Å². The van der Waals surface area contributed by atoms with Gasteiger partial charge in [-0.15, -0.1) is 11.3 Å². The van der Waals surface area contributed by atoms with Gasteiger partial charge in [-0.3, -0.25) is 4.79 Å². The minimum absolute atomic E-state index is 0.347. The van der Waals surface area contributed by atoms with Crippen LogP contribution >= 0.6 is 43.2 Å². The summed E-state index contributed by atoms with van der Waals surface area (Å²) >= 11 is 8.45. The average Bonchev–Trinajstić information content (AvgIpc) is 2.91. The largest absolute Gasteiger partial charge is 0.293 e. The van der Waals surface area contributed by atoms with Crippen molar-refractivity contribution in [2.45, 2.75) is 25.7 Å². The summed E-state index contributed by atoms with van der Waals surface area (Å²) in [4.78, 5) is 13.2. The summed E-state index contributed by atoms with van der Waals surface area (Å²) < 4.78 is 2.03. The van der Waals surface area contributed by atoms with Crippen LogP contribution in [-0.4, -0.2) is 5.78 Å². The van der Waals surface area contributed by atoms with E-state index < -0.39 is 0 Å². The molecule has 1 aromatic heterocycles. The molecule has 0 radical (unpaired) electrons. The molecule has 0 N–H and O–H groups in total. The van der Waals surface area contributed by atoms with Crippen LogP contribution in [0.4, 0.5) is 0 Å². The van der Waals surface area contributed by atoms with Crippen LogP contribution in [0.25, 0.3) is 0 Å². The van der Waals surface area contributed by atoms with Crippen LogP contribution in [0.3, 0.4) is 0 Å². The molecule has 16 heavy (non-hydrogen) atoms. The highest BCUT2D eigenvalue weighted by Gasteiger charge is 2.54. The lowest BCUT2D eigenvalue weighted by molar-refractivity contribution is 0.0960. The first-order valence-electron chi connectivity index (χ1n) is 5.67. The third kappa shape index (κ3) is 1.83. The first-order chi connectivity index (χ1) is 7.68. The van der Waals surface area contributed by atoms with Gasteiger partial charge in [0, 0.05) is 10.4 Å². The molecule has 3 rings (SSSR count). The van der Waals surface area contributed by atoms with Crippen molar-refractivity contribution in [1.82, 2.24) is 0 Å². The Morgan fingerprint density at radius 1 is 1.25 bits per heavy atom. The van der Waals surface area contributed by atoms with E-state index in [1.165, 1.54) is 25.7 Å². The second-order valence-electron chi connectivity index (χ2n) is 4.73. The number of fused-ring (bicyclic) bond motifs is 1. The van der Waals surface area contributed by atoms with Gasteiger partial charge >= 0.3 is 0 Å². The molecule has 2 aliphatic rings. The lowest BCUT2D eigenvalue weighted by Crippen LogP contribution is -2.01. The molecule has 0 amide bonds. The maximum atomic E-state index is 12.3. The Hall–Kier alpha value is 0.330. The molecular weight excluding hydrogens is 352 g/mol. The zero-order valence-corrected chi connectivity index (χ0v) is 12.7. The molecule has 2 saturated carbocycles. The normalized spacial score (nSPS) is 32.2. The van der Waals surface area contributed by atoms with Crippen LogP contribution in [0, 0.1) is 17.8 Å². The number of rotatable bonds is 2. The van der Waals surface area contributed by atoms with Crippen molar-refractivity contribution in [3.63, 3.8) is 0 Å². The van der Waals surface area contributed by atoms with E-state index in [4.69, 9.17) is 0 Å². The molecule has 2 fully saturated rings. The maximum Gasteiger partial charge on any atom is 0.176 e. The predicted molar refractivity (Wildman–Crippen MR) is 73.0 cm³/mol. The van der Waals surface area contributed by atoms with E-state index in [9.17, 15) is 4.79 Å². The van der Waals surface area contributed by atoms with E-state index in [0.29, 0.717) is 23.5 Å². The number of halogens is 2. The lowest BCUT2D eigenvalue weighted by Gasteiger charge is -2.04. The summed E-state index contributed by atoms with van der Waals surface area (Å²) in [5, 5.41) is 0. The van der Waals surface area contributed by atoms with Gasteiger partial charge < -0.3 is 0 Å². The molecule has 0 bridgehead atoms. The smallest absolute Gasteiger partial charge is 0.176 e. The summed E-state index contributed by atoms with van der Waals surface area (Å²) in [6.45, 7) is 0. The van der Waals surface area contributed by atoms with Crippen molar-refractivity contribution in [3.8, 4) is 0 Å². The van der Waals surface area contributed by atoms with E-state index in [1.807, 2.05) is 6.07 Å². The standard InChI is InChI=1S/C12H12Br2OS/c13-8-5-9(16-12(8)14)11(15)10-6-3-1-2-4-7(6)10/h5-7,10H,1-4H2. The summed E-state index contributed by atoms with van der Waals surface area (Å²) in [6.07, 6.45) is 5.19. The Balaban J connectivity index is 1.79. The number of carbonyl (C=O) groups is 1. The van der Waals surface area contributed by atoms with Gasteiger partial charge in [0.25, 0.3) is 0 Å². The minimum atomic E-state index is 0.347. The van der Waals surface area contributed by atoms with Crippen LogP contribution < -0.4 is 0 Å². The van der Waals surface area contributed by atoms with Crippen LogP contribution in [0.1, 0.15) is 35.4 Å². The topological polar surface area (TPSA) is 17.1 Å². The summed E-state index contributed by atoms with van der Waals surface area (Å²) in [5.74, 6) is 2.15. The van der Waals surface area contributed by atoms with Crippen LogP contribution in [0.15, 0.2) is 14.3 Å². The van der Waals surface area contributed by atoms with Crippen LogP contribution in [0.5, 0.6) is 0 Å². The van der Waals surface area contributed by atoms with Gasteiger partial charge in [0.05, 0.1) is 8.66 Å². The highest BCUT2D eigenvalue weighted by Crippen LogP contribution is 2.57. The van der Waals surface area contributed by atoms with Crippen LogP contribution in [0.2, 0.25) is 0 Å². The van der Waals surface area contributed by atoms with Crippen molar-refractivity contribution in [2.24, 2.45) is 17.8 Å². The molecule has 2 aliphatic carbocycles. The monoisotopic (exact) mass is 362 g/mol. The molecular formula is C12H12Br2OS. The first-order valence-corrected chi connectivity index (χ1v) is 8.08. The van der Waals surface area contributed by atoms with Gasteiger partial charge in [0.2, 0.25) is 0 Å². The SMILES string of the molecule is O=C(c1cc(Br)c(Br)s1)C1C2CCCCC21. The fourth-order valence-electron chi connectivity index (χ4n) is 3.01. The number of ketones is 1. The summed E-state index contributed by atoms with van der Waals surface area (Å²) in [5.41, 5.74) is 0. The molecule has 1 aromatic rings. The quantitative estimate of drug-likeness (QED) is 0.683. The number of carbonyl (C=O) groups excluding carboxylic acids is 1. The molecule has 0 spiro atoms. The molecule has 0 aliphatic heterocycles. The van der Waals surface area contributed by atoms with E-state index >= 15 is 0 Å². The molecule has 0 aromatic carbocycles. The van der Waals surface area contributed by atoms with Crippen molar-refractivity contribution < 1.29 is 4.79 Å².